The van der Waals surface area contributed by atoms with Crippen LogP contribution in [0.3, 0.4) is 0 Å². The summed E-state index contributed by atoms with van der Waals surface area (Å²) in [5, 5.41) is 54.8. The zero-order valence-corrected chi connectivity index (χ0v) is 52.3. The van der Waals surface area contributed by atoms with Gasteiger partial charge in [0.05, 0.1) is 25.4 Å². The van der Waals surface area contributed by atoms with Crippen LogP contribution >= 0.6 is 0 Å². The summed E-state index contributed by atoms with van der Waals surface area (Å²) in [7, 11) is 0. The van der Waals surface area contributed by atoms with Crippen LogP contribution in [-0.4, -0.2) is 87.5 Å². The maximum absolute atomic E-state index is 13.1. The van der Waals surface area contributed by atoms with Crippen LogP contribution in [0.1, 0.15) is 328 Å². The smallest absolute Gasteiger partial charge is 0.220 e. The van der Waals surface area contributed by atoms with E-state index in [0.29, 0.717) is 6.42 Å². The number of allylic oxidation sites excluding steroid dienone is 9. The number of hydrogen-bond donors (Lipinski definition) is 6. The molecule has 1 fully saturated rings. The molecule has 0 aliphatic carbocycles. The third-order valence-corrected chi connectivity index (χ3v) is 16.3. The Balaban J connectivity index is 2.12. The lowest BCUT2D eigenvalue weighted by molar-refractivity contribution is -0.302. The molecule has 1 aliphatic heterocycles. The predicted octanol–water partition coefficient (Wildman–Crippen LogP) is 18.6. The maximum Gasteiger partial charge on any atom is 0.220 e. The molecule has 0 aromatic heterocycles. The highest BCUT2D eigenvalue weighted by molar-refractivity contribution is 5.76. The van der Waals surface area contributed by atoms with Crippen LogP contribution < -0.4 is 5.32 Å². The summed E-state index contributed by atoms with van der Waals surface area (Å²) in [4.78, 5) is 13.1. The van der Waals surface area contributed by atoms with E-state index in [9.17, 15) is 30.3 Å². The number of unbranched alkanes of at least 4 members (excludes halogenated alkanes) is 42. The number of aliphatic hydroxyl groups is 5. The third kappa shape index (κ3) is 48.3. The second-order valence-corrected chi connectivity index (χ2v) is 23.9. The highest BCUT2D eigenvalue weighted by atomic mass is 16.7. The first kappa shape index (κ1) is 75.9. The van der Waals surface area contributed by atoms with Crippen LogP contribution in [0.25, 0.3) is 0 Å². The number of carbonyl (C=O) groups is 1. The van der Waals surface area contributed by atoms with Crippen LogP contribution in [-0.2, 0) is 14.3 Å². The third-order valence-electron chi connectivity index (χ3n) is 16.3. The number of amides is 1. The van der Waals surface area contributed by atoms with E-state index in [0.717, 1.165) is 64.2 Å². The fourth-order valence-electron chi connectivity index (χ4n) is 11.0. The van der Waals surface area contributed by atoms with Gasteiger partial charge in [-0.1, -0.05) is 325 Å². The first-order chi connectivity index (χ1) is 39.3. The molecule has 0 radical (unpaired) electrons. The fraction of sp³-hybridized carbons (Fsp3) is 0.845. The number of hydrogen-bond acceptors (Lipinski definition) is 8. The number of aliphatic hydroxyl groups excluding tert-OH is 5. The molecule has 9 nitrogen and oxygen atoms in total. The van der Waals surface area contributed by atoms with Crippen molar-refractivity contribution in [1.29, 1.82) is 0 Å². The Morgan fingerprint density at radius 1 is 0.438 bits per heavy atom. The minimum Gasteiger partial charge on any atom is -0.394 e. The van der Waals surface area contributed by atoms with E-state index < -0.39 is 49.5 Å². The molecule has 1 amide bonds. The lowest BCUT2D eigenvalue weighted by Crippen LogP contribution is -2.60. The lowest BCUT2D eigenvalue weighted by Gasteiger charge is -2.40. The van der Waals surface area contributed by atoms with Gasteiger partial charge in [-0.2, -0.15) is 0 Å². The Labute approximate surface area is 494 Å². The Kier molecular flexibility index (Phi) is 57.0. The first-order valence-electron chi connectivity index (χ1n) is 34.5. The highest BCUT2D eigenvalue weighted by Gasteiger charge is 2.44. The predicted molar refractivity (Wildman–Crippen MR) is 341 cm³/mol. The van der Waals surface area contributed by atoms with E-state index >= 15 is 0 Å². The van der Waals surface area contributed by atoms with Crippen LogP contribution in [0, 0.1) is 0 Å². The van der Waals surface area contributed by atoms with Gasteiger partial charge in [0.2, 0.25) is 5.91 Å². The van der Waals surface area contributed by atoms with Gasteiger partial charge in [0, 0.05) is 6.42 Å². The molecule has 0 aromatic rings. The van der Waals surface area contributed by atoms with Gasteiger partial charge in [-0.3, -0.25) is 4.79 Å². The Morgan fingerprint density at radius 2 is 0.775 bits per heavy atom. The highest BCUT2D eigenvalue weighted by Crippen LogP contribution is 2.23. The van der Waals surface area contributed by atoms with Crippen molar-refractivity contribution in [1.82, 2.24) is 5.32 Å². The standard InChI is InChI=1S/C71H131NO8/c1-3-5-7-9-11-13-15-17-19-21-23-25-27-29-30-31-32-33-34-35-36-37-39-41-43-45-47-49-51-53-55-57-59-61-67(75)72-64(63-79-71-70(78)69(77)68(76)66(62-73)80-71)65(74)60-58-56-54-52-50-48-46-44-42-40-38-28-26-24-22-20-18-16-14-12-10-8-6-4-2/h5,7,11,13,17,19,23,25,58,60,64-66,68-71,73-74,76-78H,3-4,6,8-10,12,14-16,18,20-22,24,26-57,59,61-63H2,1-2H3,(H,72,75)/b7-5-,13-11-,19-17-,25-23-,60-58+. The molecule has 1 rings (SSSR count). The van der Waals surface area contributed by atoms with Crippen molar-refractivity contribution in [2.75, 3.05) is 13.2 Å². The quantitative estimate of drug-likeness (QED) is 0.0261. The van der Waals surface area contributed by atoms with Gasteiger partial charge in [-0.25, -0.2) is 0 Å². The van der Waals surface area contributed by atoms with E-state index in [1.54, 1.807) is 6.08 Å². The van der Waals surface area contributed by atoms with Crippen molar-refractivity contribution in [2.45, 2.75) is 371 Å². The fourth-order valence-corrected chi connectivity index (χ4v) is 11.0. The molecule has 0 spiro atoms. The number of ether oxygens (including phenoxy) is 2. The minimum atomic E-state index is -1.57. The van der Waals surface area contributed by atoms with E-state index in [1.807, 2.05) is 6.08 Å². The van der Waals surface area contributed by atoms with Gasteiger partial charge in [-0.15, -0.1) is 0 Å². The van der Waals surface area contributed by atoms with Crippen molar-refractivity contribution < 1.29 is 39.8 Å². The molecule has 1 saturated heterocycles. The molecular weight excluding hydrogens is 995 g/mol. The van der Waals surface area contributed by atoms with Gasteiger partial charge in [0.25, 0.3) is 0 Å². The van der Waals surface area contributed by atoms with Crippen LogP contribution in [0.2, 0.25) is 0 Å². The van der Waals surface area contributed by atoms with Crippen molar-refractivity contribution in [3.8, 4) is 0 Å². The maximum atomic E-state index is 13.1. The molecule has 468 valence electrons. The Hall–Kier alpha value is -2.11. The average molecular weight is 1130 g/mol. The first-order valence-corrected chi connectivity index (χ1v) is 34.5. The molecule has 1 heterocycles. The van der Waals surface area contributed by atoms with Gasteiger partial charge < -0.3 is 40.3 Å². The molecule has 7 atom stereocenters. The summed E-state index contributed by atoms with van der Waals surface area (Å²) in [6, 6.07) is -0.806. The summed E-state index contributed by atoms with van der Waals surface area (Å²) in [6.07, 6.45) is 76.1. The molecule has 80 heavy (non-hydrogen) atoms. The van der Waals surface area contributed by atoms with Crippen LogP contribution in [0.15, 0.2) is 60.8 Å². The van der Waals surface area contributed by atoms with E-state index in [2.05, 4.69) is 67.8 Å². The van der Waals surface area contributed by atoms with Crippen LogP contribution in [0.5, 0.6) is 0 Å². The summed E-state index contributed by atoms with van der Waals surface area (Å²) in [6.45, 7) is 3.71. The molecule has 9 heteroatoms. The number of nitrogens with one attached hydrogen (secondary N) is 1. The van der Waals surface area contributed by atoms with E-state index in [1.165, 1.54) is 244 Å². The average Bonchev–Trinajstić information content (AvgIpc) is 3.46. The zero-order chi connectivity index (χ0) is 57.9. The molecule has 1 aliphatic rings. The van der Waals surface area contributed by atoms with Gasteiger partial charge >= 0.3 is 0 Å². The Bertz CT molecular complexity index is 1450. The van der Waals surface area contributed by atoms with E-state index in [-0.39, 0.29) is 12.5 Å². The zero-order valence-electron chi connectivity index (χ0n) is 52.3. The second kappa shape index (κ2) is 60.0. The lowest BCUT2D eigenvalue weighted by atomic mass is 9.99. The molecular formula is C71H131NO8. The van der Waals surface area contributed by atoms with Gasteiger partial charge in [-0.05, 0) is 57.8 Å². The van der Waals surface area contributed by atoms with Crippen molar-refractivity contribution in [3.05, 3.63) is 60.8 Å². The number of carbonyl (C=O) groups excluding carboxylic acids is 1. The normalized spacial score (nSPS) is 18.8. The van der Waals surface area contributed by atoms with Gasteiger partial charge in [0.1, 0.15) is 24.4 Å². The summed E-state index contributed by atoms with van der Waals surface area (Å²) in [5.74, 6) is -0.171. The van der Waals surface area contributed by atoms with E-state index in [4.69, 9.17) is 9.47 Å². The second-order valence-electron chi connectivity index (χ2n) is 23.9. The molecule has 0 bridgehead atoms. The molecule has 0 aromatic carbocycles. The summed E-state index contributed by atoms with van der Waals surface area (Å²) < 4.78 is 11.3. The topological polar surface area (TPSA) is 149 Å². The number of rotatable bonds is 60. The molecule has 0 saturated carbocycles. The monoisotopic (exact) mass is 1130 g/mol. The van der Waals surface area contributed by atoms with Crippen molar-refractivity contribution in [3.63, 3.8) is 0 Å². The van der Waals surface area contributed by atoms with Crippen molar-refractivity contribution >= 4 is 5.91 Å². The largest absolute Gasteiger partial charge is 0.394 e. The Morgan fingerprint density at radius 3 is 1.15 bits per heavy atom. The van der Waals surface area contributed by atoms with Gasteiger partial charge in [0.15, 0.2) is 6.29 Å². The van der Waals surface area contributed by atoms with Crippen molar-refractivity contribution in [2.24, 2.45) is 0 Å². The van der Waals surface area contributed by atoms with Crippen LogP contribution in [0.4, 0.5) is 0 Å². The minimum absolute atomic E-state index is 0.171. The summed E-state index contributed by atoms with van der Waals surface area (Å²) in [5.41, 5.74) is 0. The molecule has 6 N–H and O–H groups in total. The molecule has 7 unspecified atom stereocenters. The summed E-state index contributed by atoms with van der Waals surface area (Å²) >= 11 is 0. The SMILES string of the molecule is CC/C=C\C/C=C\C/C=C\C/C=C\CCCCCCCCCCCCCCCCCCCCCCC(=O)NC(COC1OC(CO)C(O)C(O)C1O)C(O)/C=C/CCCCCCCCCCCCCCCCCCCCCCCC.